The van der Waals surface area contributed by atoms with Gasteiger partial charge in [-0.25, -0.2) is 0 Å². The highest BCUT2D eigenvalue weighted by Gasteiger charge is 2.46. The summed E-state index contributed by atoms with van der Waals surface area (Å²) in [5.41, 5.74) is 1.64. The predicted octanol–water partition coefficient (Wildman–Crippen LogP) is 3.21. The monoisotopic (exact) mass is 205 g/mol. The number of piperidine rings is 1. The highest BCUT2D eigenvalue weighted by Crippen LogP contribution is 2.45. The van der Waals surface area contributed by atoms with Crippen LogP contribution in [0.5, 0.6) is 0 Å². The van der Waals surface area contributed by atoms with E-state index in [4.69, 9.17) is 0 Å². The summed E-state index contributed by atoms with van der Waals surface area (Å²) in [6.45, 7) is 7.26. The minimum absolute atomic E-state index is 0.791. The molecule has 3 aliphatic heterocycles. The maximum Gasteiger partial charge on any atom is 0.0287 e. The van der Waals surface area contributed by atoms with Gasteiger partial charge in [0.05, 0.1) is 0 Å². The van der Waals surface area contributed by atoms with Crippen LogP contribution in [0, 0.1) is 11.8 Å². The molecule has 0 aromatic carbocycles. The van der Waals surface area contributed by atoms with Gasteiger partial charge in [-0.2, -0.15) is 0 Å². The van der Waals surface area contributed by atoms with Crippen LogP contribution in [0.1, 0.15) is 46.5 Å². The number of rotatable bonds is 0. The van der Waals surface area contributed by atoms with Crippen LogP contribution in [0.2, 0.25) is 0 Å². The number of hydrogen-bond donors (Lipinski definition) is 0. The zero-order chi connectivity index (χ0) is 10.6. The Morgan fingerprint density at radius 3 is 2.67 bits per heavy atom. The van der Waals surface area contributed by atoms with Crippen molar-refractivity contribution in [1.29, 1.82) is 0 Å². The summed E-state index contributed by atoms with van der Waals surface area (Å²) in [6.07, 6.45) is 8.18. The van der Waals surface area contributed by atoms with E-state index in [0.29, 0.717) is 0 Å². The Kier molecular flexibility index (Phi) is 2.21. The fourth-order valence-electron chi connectivity index (χ4n) is 4.35. The lowest BCUT2D eigenvalue weighted by atomic mass is 9.77. The van der Waals surface area contributed by atoms with E-state index in [9.17, 15) is 0 Å². The Balaban J connectivity index is 1.95. The van der Waals surface area contributed by atoms with E-state index in [1.807, 2.05) is 0 Å². The van der Waals surface area contributed by atoms with Crippen molar-refractivity contribution in [1.82, 2.24) is 4.90 Å². The summed E-state index contributed by atoms with van der Waals surface area (Å²) >= 11 is 0. The van der Waals surface area contributed by atoms with Gasteiger partial charge in [0.15, 0.2) is 0 Å². The molecule has 1 heteroatoms. The third-order valence-corrected chi connectivity index (χ3v) is 4.97. The van der Waals surface area contributed by atoms with E-state index in [-0.39, 0.29) is 0 Å². The molecule has 0 unspecified atom stereocenters. The molecular formula is C14H23N. The lowest BCUT2D eigenvalue weighted by molar-refractivity contribution is 0.0174. The van der Waals surface area contributed by atoms with Crippen molar-refractivity contribution in [2.24, 2.45) is 11.8 Å². The summed E-state index contributed by atoms with van der Waals surface area (Å²) in [4.78, 5) is 2.87. The predicted molar refractivity (Wildman–Crippen MR) is 63.8 cm³/mol. The van der Waals surface area contributed by atoms with E-state index in [2.05, 4.69) is 31.7 Å². The van der Waals surface area contributed by atoms with E-state index < -0.39 is 0 Å². The van der Waals surface area contributed by atoms with Gasteiger partial charge in [0.2, 0.25) is 0 Å². The van der Waals surface area contributed by atoms with Crippen LogP contribution in [-0.4, -0.2) is 23.0 Å². The third-order valence-electron chi connectivity index (χ3n) is 4.97. The van der Waals surface area contributed by atoms with Crippen LogP contribution >= 0.6 is 0 Å². The lowest BCUT2D eigenvalue weighted by Crippen LogP contribution is -2.54. The Morgan fingerprint density at radius 1 is 1.13 bits per heavy atom. The van der Waals surface area contributed by atoms with E-state index in [1.165, 1.54) is 25.7 Å². The molecule has 0 amide bonds. The van der Waals surface area contributed by atoms with E-state index in [0.717, 1.165) is 30.0 Å². The Labute approximate surface area is 93.5 Å². The summed E-state index contributed by atoms with van der Waals surface area (Å²) in [5.74, 6) is 1.83. The first-order valence-corrected chi connectivity index (χ1v) is 6.61. The standard InChI is InChI=1S/C14H23N/c1-9-6-12-4-5-13-10(2)8-11(3)14(7-9)15(12)13/h6,10-14H,4-5,7-8H2,1-3H3/t10-,11+,12+,13-,14+/m1/s1. The van der Waals surface area contributed by atoms with Crippen LogP contribution in [0.3, 0.4) is 0 Å². The van der Waals surface area contributed by atoms with E-state index in [1.54, 1.807) is 5.57 Å². The van der Waals surface area contributed by atoms with Gasteiger partial charge in [-0.05, 0) is 44.4 Å². The molecule has 0 N–H and O–H groups in total. The molecule has 3 heterocycles. The molecule has 3 aliphatic rings. The summed E-state index contributed by atoms with van der Waals surface area (Å²) in [7, 11) is 0. The number of hydrogen-bond acceptors (Lipinski definition) is 1. The minimum Gasteiger partial charge on any atom is -0.290 e. The molecule has 1 nitrogen and oxygen atoms in total. The first-order chi connectivity index (χ1) is 7.16. The molecule has 3 rings (SSSR count). The summed E-state index contributed by atoms with van der Waals surface area (Å²) in [6, 6.07) is 2.56. The second-order valence-corrected chi connectivity index (χ2v) is 6.13. The quantitative estimate of drug-likeness (QED) is 0.549. The van der Waals surface area contributed by atoms with Gasteiger partial charge >= 0.3 is 0 Å². The normalized spacial score (nSPS) is 50.1. The molecule has 84 valence electrons. The van der Waals surface area contributed by atoms with Gasteiger partial charge < -0.3 is 0 Å². The molecule has 0 saturated carbocycles. The molecule has 0 aliphatic carbocycles. The van der Waals surface area contributed by atoms with Gasteiger partial charge in [-0.1, -0.05) is 25.5 Å². The molecule has 0 radical (unpaired) electrons. The maximum atomic E-state index is 2.87. The molecule has 2 fully saturated rings. The average Bonchev–Trinajstić information content (AvgIpc) is 2.58. The van der Waals surface area contributed by atoms with Gasteiger partial charge in [-0.15, -0.1) is 0 Å². The Morgan fingerprint density at radius 2 is 1.87 bits per heavy atom. The molecule has 0 bridgehead atoms. The van der Waals surface area contributed by atoms with Crippen LogP contribution < -0.4 is 0 Å². The van der Waals surface area contributed by atoms with Crippen molar-refractivity contribution in [3.63, 3.8) is 0 Å². The van der Waals surface area contributed by atoms with Gasteiger partial charge in [-0.3, -0.25) is 4.90 Å². The van der Waals surface area contributed by atoms with Gasteiger partial charge in [0.25, 0.3) is 0 Å². The molecule has 0 aromatic rings. The van der Waals surface area contributed by atoms with Gasteiger partial charge in [0.1, 0.15) is 0 Å². The van der Waals surface area contributed by atoms with Crippen molar-refractivity contribution in [3.8, 4) is 0 Å². The van der Waals surface area contributed by atoms with Crippen LogP contribution in [0.25, 0.3) is 0 Å². The SMILES string of the molecule is CC1=C[C@@H]2CC[C@@H]3[C@H](C)C[C@H](C)[C@H](C1)N23. The molecular weight excluding hydrogens is 182 g/mol. The first-order valence-electron chi connectivity index (χ1n) is 6.61. The van der Waals surface area contributed by atoms with Crippen molar-refractivity contribution in [2.75, 3.05) is 0 Å². The van der Waals surface area contributed by atoms with Gasteiger partial charge in [0, 0.05) is 18.1 Å². The largest absolute Gasteiger partial charge is 0.290 e. The highest BCUT2D eigenvalue weighted by atomic mass is 15.3. The molecule has 5 atom stereocenters. The average molecular weight is 205 g/mol. The smallest absolute Gasteiger partial charge is 0.0287 e. The van der Waals surface area contributed by atoms with Crippen molar-refractivity contribution < 1.29 is 0 Å². The summed E-state index contributed by atoms with van der Waals surface area (Å²) in [5, 5.41) is 0. The fourth-order valence-corrected chi connectivity index (χ4v) is 4.35. The fraction of sp³-hybridized carbons (Fsp3) is 0.857. The molecule has 15 heavy (non-hydrogen) atoms. The Bertz CT molecular complexity index is 294. The minimum atomic E-state index is 0.791. The first kappa shape index (κ1) is 9.89. The zero-order valence-electron chi connectivity index (χ0n) is 10.2. The zero-order valence-corrected chi connectivity index (χ0v) is 10.2. The number of nitrogens with zero attached hydrogens (tertiary/aromatic N) is 1. The highest BCUT2D eigenvalue weighted by molar-refractivity contribution is 5.18. The summed E-state index contributed by atoms with van der Waals surface area (Å²) < 4.78 is 0. The van der Waals surface area contributed by atoms with Crippen LogP contribution in [0.4, 0.5) is 0 Å². The molecule has 0 aromatic heterocycles. The van der Waals surface area contributed by atoms with Crippen molar-refractivity contribution >= 4 is 0 Å². The molecule has 0 spiro atoms. The second-order valence-electron chi connectivity index (χ2n) is 6.13. The van der Waals surface area contributed by atoms with E-state index >= 15 is 0 Å². The van der Waals surface area contributed by atoms with Crippen LogP contribution in [0.15, 0.2) is 11.6 Å². The second kappa shape index (κ2) is 3.35. The lowest BCUT2D eigenvalue weighted by Gasteiger charge is -2.49. The molecule has 2 saturated heterocycles. The topological polar surface area (TPSA) is 3.24 Å². The van der Waals surface area contributed by atoms with Crippen molar-refractivity contribution in [3.05, 3.63) is 11.6 Å². The third kappa shape index (κ3) is 1.39. The van der Waals surface area contributed by atoms with Crippen LogP contribution in [-0.2, 0) is 0 Å². The van der Waals surface area contributed by atoms with Crippen molar-refractivity contribution in [2.45, 2.75) is 64.6 Å². The maximum absolute atomic E-state index is 2.87. The Hall–Kier alpha value is -0.300.